The fraction of sp³-hybridized carbons (Fsp3) is 0.441. The number of para-hydroxylation sites is 1. The van der Waals surface area contributed by atoms with Crippen LogP contribution in [-0.4, -0.2) is 46.8 Å². The van der Waals surface area contributed by atoms with Crippen LogP contribution in [0.4, 0.5) is 4.79 Å². The first-order valence-corrected chi connectivity index (χ1v) is 14.8. The van der Waals surface area contributed by atoms with Gasteiger partial charge in [-0.05, 0) is 70.4 Å². The van der Waals surface area contributed by atoms with E-state index in [0.717, 1.165) is 24.2 Å². The van der Waals surface area contributed by atoms with E-state index in [1.54, 1.807) is 16.4 Å². The van der Waals surface area contributed by atoms with Crippen LogP contribution in [0, 0.1) is 11.3 Å². The molecule has 2 aromatic carbocycles. The lowest BCUT2D eigenvalue weighted by atomic mass is 10.0. The van der Waals surface area contributed by atoms with Gasteiger partial charge in [-0.25, -0.2) is 9.59 Å². The van der Waals surface area contributed by atoms with Gasteiger partial charge in [0.05, 0.1) is 18.2 Å². The zero-order valence-corrected chi connectivity index (χ0v) is 26.3. The van der Waals surface area contributed by atoms with Crippen LogP contribution in [0.15, 0.2) is 60.8 Å². The number of aromatic nitrogens is 1. The van der Waals surface area contributed by atoms with Gasteiger partial charge in [-0.2, -0.15) is 5.26 Å². The average molecular weight is 576 g/mol. The second-order valence-corrected chi connectivity index (χ2v) is 10.2. The summed E-state index contributed by atoms with van der Waals surface area (Å²) in [5.74, 6) is 0.818. The smallest absolute Gasteiger partial charge is 0.410 e. The van der Waals surface area contributed by atoms with E-state index in [0.29, 0.717) is 24.4 Å². The Morgan fingerprint density at radius 2 is 1.60 bits per heavy atom. The Hall–Kier alpha value is -4.25. The molecule has 0 radical (unpaired) electrons. The predicted molar refractivity (Wildman–Crippen MR) is 166 cm³/mol. The molecular formula is C34H45N3O5. The van der Waals surface area contributed by atoms with Gasteiger partial charge in [0, 0.05) is 24.8 Å². The van der Waals surface area contributed by atoms with Crippen molar-refractivity contribution >= 4 is 12.1 Å². The predicted octanol–water partition coefficient (Wildman–Crippen LogP) is 8.62. The van der Waals surface area contributed by atoms with E-state index in [9.17, 15) is 14.9 Å². The molecule has 0 bridgehead atoms. The number of amides is 1. The quantitative estimate of drug-likeness (QED) is 0.273. The van der Waals surface area contributed by atoms with E-state index < -0.39 is 11.6 Å². The third kappa shape index (κ3) is 8.87. The Kier molecular flexibility index (Phi) is 13.1. The molecule has 42 heavy (non-hydrogen) atoms. The minimum atomic E-state index is -0.606. The van der Waals surface area contributed by atoms with Crippen LogP contribution in [0.3, 0.4) is 0 Å². The van der Waals surface area contributed by atoms with Crippen molar-refractivity contribution < 1.29 is 23.8 Å². The van der Waals surface area contributed by atoms with E-state index in [2.05, 4.69) is 6.07 Å². The molecule has 0 spiro atoms. The SMILES string of the molecule is CC.CC.CCOC(=O)c1c(C#N)c(-c2ccc(Oc3ccccc3)cc2)cn1C1CCCN(C(=O)OC(C)(C)C)C1. The first-order chi connectivity index (χ1) is 20.2. The van der Waals surface area contributed by atoms with Crippen molar-refractivity contribution in [2.75, 3.05) is 19.7 Å². The highest BCUT2D eigenvalue weighted by molar-refractivity contribution is 5.94. The Labute approximate surface area is 250 Å². The molecule has 4 rings (SSSR count). The number of benzene rings is 2. The van der Waals surface area contributed by atoms with Crippen LogP contribution in [0.5, 0.6) is 11.5 Å². The molecule has 226 valence electrons. The highest BCUT2D eigenvalue weighted by Gasteiger charge is 2.33. The van der Waals surface area contributed by atoms with Crippen LogP contribution in [0.1, 0.15) is 90.3 Å². The number of hydrogen-bond acceptors (Lipinski definition) is 6. The number of ether oxygens (including phenoxy) is 3. The number of carbonyl (C=O) groups excluding carboxylic acids is 2. The molecule has 3 aromatic rings. The highest BCUT2D eigenvalue weighted by atomic mass is 16.6. The second kappa shape index (κ2) is 16.3. The molecule has 2 heterocycles. The van der Waals surface area contributed by atoms with Crippen molar-refractivity contribution in [2.45, 2.75) is 79.9 Å². The monoisotopic (exact) mass is 575 g/mol. The van der Waals surface area contributed by atoms with Crippen molar-refractivity contribution in [2.24, 2.45) is 0 Å². The summed E-state index contributed by atoms with van der Waals surface area (Å²) < 4.78 is 18.6. The van der Waals surface area contributed by atoms with Gasteiger partial charge in [0.25, 0.3) is 0 Å². The van der Waals surface area contributed by atoms with Crippen molar-refractivity contribution in [3.05, 3.63) is 72.1 Å². The van der Waals surface area contributed by atoms with Crippen LogP contribution >= 0.6 is 0 Å². The maximum atomic E-state index is 13.1. The van der Waals surface area contributed by atoms with Gasteiger partial charge in [0.1, 0.15) is 28.9 Å². The molecule has 8 nitrogen and oxygen atoms in total. The minimum Gasteiger partial charge on any atom is -0.461 e. The fourth-order valence-corrected chi connectivity index (χ4v) is 4.55. The zero-order chi connectivity index (χ0) is 31.3. The lowest BCUT2D eigenvalue weighted by Gasteiger charge is -2.35. The summed E-state index contributed by atoms with van der Waals surface area (Å²) in [6, 6.07) is 18.9. The molecular weight excluding hydrogens is 530 g/mol. The number of nitriles is 1. The molecule has 1 atom stereocenters. The highest BCUT2D eigenvalue weighted by Crippen LogP contribution is 2.35. The summed E-state index contributed by atoms with van der Waals surface area (Å²) in [7, 11) is 0. The lowest BCUT2D eigenvalue weighted by molar-refractivity contribution is 0.0171. The largest absolute Gasteiger partial charge is 0.461 e. The minimum absolute atomic E-state index is 0.185. The van der Waals surface area contributed by atoms with Gasteiger partial charge in [-0.15, -0.1) is 0 Å². The topological polar surface area (TPSA) is 93.8 Å². The number of carbonyl (C=O) groups is 2. The molecule has 1 aliphatic rings. The molecule has 1 unspecified atom stereocenters. The molecule has 1 aliphatic heterocycles. The Morgan fingerprint density at radius 3 is 2.17 bits per heavy atom. The van der Waals surface area contributed by atoms with Gasteiger partial charge in [-0.1, -0.05) is 58.0 Å². The Bertz CT molecular complexity index is 1320. The van der Waals surface area contributed by atoms with Gasteiger partial charge in [0.2, 0.25) is 0 Å². The normalized spacial score (nSPS) is 14.3. The number of nitrogens with zero attached hydrogens (tertiary/aromatic N) is 3. The Balaban J connectivity index is 0.00000148. The average Bonchev–Trinajstić information content (AvgIpc) is 3.39. The van der Waals surface area contributed by atoms with E-state index in [4.69, 9.17) is 14.2 Å². The number of hydrogen-bond donors (Lipinski definition) is 0. The fourth-order valence-electron chi connectivity index (χ4n) is 4.55. The third-order valence-corrected chi connectivity index (χ3v) is 6.20. The third-order valence-electron chi connectivity index (χ3n) is 6.20. The van der Waals surface area contributed by atoms with Crippen molar-refractivity contribution in [3.63, 3.8) is 0 Å². The first-order valence-electron chi connectivity index (χ1n) is 14.8. The molecule has 0 saturated carbocycles. The van der Waals surface area contributed by atoms with E-state index >= 15 is 0 Å². The molecule has 0 aliphatic carbocycles. The number of likely N-dealkylation sites (tertiary alicyclic amines) is 1. The van der Waals surface area contributed by atoms with Gasteiger partial charge in [0.15, 0.2) is 0 Å². The Morgan fingerprint density at radius 1 is 0.976 bits per heavy atom. The van der Waals surface area contributed by atoms with Crippen LogP contribution in [0.25, 0.3) is 11.1 Å². The van der Waals surface area contributed by atoms with Crippen LogP contribution in [-0.2, 0) is 9.47 Å². The molecule has 1 aromatic heterocycles. The van der Waals surface area contributed by atoms with Crippen molar-refractivity contribution in [3.8, 4) is 28.7 Å². The first kappa shape index (κ1) is 34.0. The van der Waals surface area contributed by atoms with Crippen LogP contribution < -0.4 is 4.74 Å². The number of esters is 1. The standard InChI is InChI=1S/C30H33N3O5.2C2H6/c1-5-36-28(34)27-25(18-31)26(21-13-15-24(16-14-21)37-23-11-7-6-8-12-23)20-33(27)22-10-9-17-32(19-22)29(35)38-30(2,3)4;2*1-2/h6-8,11-16,20,22H,5,9-10,17,19H2,1-4H3;2*1-2H3. The van der Waals surface area contributed by atoms with Crippen LogP contribution in [0.2, 0.25) is 0 Å². The molecule has 8 heteroatoms. The molecule has 1 amide bonds. The zero-order valence-electron chi connectivity index (χ0n) is 26.3. The number of piperidine rings is 1. The lowest BCUT2D eigenvalue weighted by Crippen LogP contribution is -2.43. The summed E-state index contributed by atoms with van der Waals surface area (Å²) in [6.45, 7) is 16.3. The summed E-state index contributed by atoms with van der Waals surface area (Å²) in [5.41, 5.74) is 1.23. The number of rotatable bonds is 6. The summed E-state index contributed by atoms with van der Waals surface area (Å²) in [6.07, 6.45) is 2.92. The van der Waals surface area contributed by atoms with Crippen molar-refractivity contribution in [1.29, 1.82) is 5.26 Å². The molecule has 0 N–H and O–H groups in total. The maximum absolute atomic E-state index is 13.1. The van der Waals surface area contributed by atoms with Gasteiger partial charge >= 0.3 is 12.1 Å². The molecule has 1 saturated heterocycles. The summed E-state index contributed by atoms with van der Waals surface area (Å²) in [4.78, 5) is 27.5. The van der Waals surface area contributed by atoms with Gasteiger partial charge in [-0.3, -0.25) is 0 Å². The van der Waals surface area contributed by atoms with Gasteiger partial charge < -0.3 is 23.7 Å². The van der Waals surface area contributed by atoms with E-state index in [-0.39, 0.29) is 30.0 Å². The summed E-state index contributed by atoms with van der Waals surface area (Å²) >= 11 is 0. The second-order valence-electron chi connectivity index (χ2n) is 10.2. The van der Waals surface area contributed by atoms with E-state index in [1.807, 2.05) is 109 Å². The summed E-state index contributed by atoms with van der Waals surface area (Å²) in [5, 5.41) is 10.1. The molecule has 1 fully saturated rings. The van der Waals surface area contributed by atoms with Crippen molar-refractivity contribution in [1.82, 2.24) is 9.47 Å². The van der Waals surface area contributed by atoms with E-state index in [1.165, 1.54) is 0 Å². The maximum Gasteiger partial charge on any atom is 0.410 e.